The zero-order valence-electron chi connectivity index (χ0n) is 14.9. The number of carbonyl (C=O) groups excluding carboxylic acids is 1. The summed E-state index contributed by atoms with van der Waals surface area (Å²) in [5.74, 6) is 0.688. The maximum Gasteiger partial charge on any atom is 0.223 e. The molecule has 0 saturated heterocycles. The highest BCUT2D eigenvalue weighted by Crippen LogP contribution is 2.26. The number of carbonyl (C=O) groups is 1. The molecule has 2 unspecified atom stereocenters. The van der Waals surface area contributed by atoms with Crippen LogP contribution in [-0.2, 0) is 17.8 Å². The van der Waals surface area contributed by atoms with Gasteiger partial charge in [-0.2, -0.15) is 0 Å². The molecule has 4 heteroatoms. The van der Waals surface area contributed by atoms with Crippen molar-refractivity contribution in [2.24, 2.45) is 5.92 Å². The van der Waals surface area contributed by atoms with Crippen LogP contribution >= 0.6 is 0 Å². The molecule has 0 spiro atoms. The molecule has 24 heavy (non-hydrogen) atoms. The highest BCUT2D eigenvalue weighted by Gasteiger charge is 2.28. The van der Waals surface area contributed by atoms with Gasteiger partial charge in [-0.15, -0.1) is 0 Å². The summed E-state index contributed by atoms with van der Waals surface area (Å²) in [6.07, 6.45) is 3.02. The van der Waals surface area contributed by atoms with Crippen LogP contribution in [-0.4, -0.2) is 41.7 Å². The van der Waals surface area contributed by atoms with E-state index in [1.165, 1.54) is 16.7 Å². The van der Waals surface area contributed by atoms with Crippen molar-refractivity contribution in [3.8, 4) is 0 Å². The van der Waals surface area contributed by atoms with Crippen LogP contribution in [0, 0.1) is 5.92 Å². The van der Waals surface area contributed by atoms with Gasteiger partial charge in [-0.25, -0.2) is 0 Å². The molecule has 132 valence electrons. The van der Waals surface area contributed by atoms with Crippen molar-refractivity contribution in [1.29, 1.82) is 0 Å². The predicted molar refractivity (Wildman–Crippen MR) is 95.9 cm³/mol. The standard InChI is InChI=1S/C20H30N2O2/c1-14(2)16-4-3-15-7-9-22(13-18(15)11-16)10-8-21-20(24)17-5-6-19(23)12-17/h3-4,11,14,17,19,23H,5-10,12-13H2,1-2H3,(H,21,24). The molecule has 1 aromatic rings. The number of benzene rings is 1. The molecule has 1 aliphatic heterocycles. The minimum atomic E-state index is -0.283. The second-order valence-corrected chi connectivity index (χ2v) is 7.66. The number of aliphatic hydroxyl groups is 1. The molecular weight excluding hydrogens is 300 g/mol. The maximum atomic E-state index is 12.1. The maximum absolute atomic E-state index is 12.1. The average molecular weight is 330 g/mol. The number of hydrogen-bond acceptors (Lipinski definition) is 3. The smallest absolute Gasteiger partial charge is 0.223 e. The van der Waals surface area contributed by atoms with E-state index in [2.05, 4.69) is 42.3 Å². The van der Waals surface area contributed by atoms with Crippen LogP contribution in [0.4, 0.5) is 0 Å². The molecule has 1 saturated carbocycles. The van der Waals surface area contributed by atoms with Crippen LogP contribution in [0.15, 0.2) is 18.2 Å². The number of aliphatic hydroxyl groups excluding tert-OH is 1. The number of nitrogens with zero attached hydrogens (tertiary/aromatic N) is 1. The van der Waals surface area contributed by atoms with E-state index in [1.54, 1.807) is 0 Å². The first-order valence-corrected chi connectivity index (χ1v) is 9.32. The Kier molecular flexibility index (Phi) is 5.57. The monoisotopic (exact) mass is 330 g/mol. The summed E-state index contributed by atoms with van der Waals surface area (Å²) in [6.45, 7) is 8.10. The van der Waals surface area contributed by atoms with Crippen LogP contribution in [0.3, 0.4) is 0 Å². The molecule has 2 N–H and O–H groups in total. The van der Waals surface area contributed by atoms with E-state index < -0.39 is 0 Å². The number of amides is 1. The van der Waals surface area contributed by atoms with E-state index in [1.807, 2.05) is 0 Å². The molecular formula is C20H30N2O2. The molecule has 4 nitrogen and oxygen atoms in total. The van der Waals surface area contributed by atoms with Crippen LogP contribution < -0.4 is 5.32 Å². The molecule has 1 fully saturated rings. The third kappa shape index (κ3) is 4.17. The number of hydrogen-bond donors (Lipinski definition) is 2. The summed E-state index contributed by atoms with van der Waals surface area (Å²) < 4.78 is 0. The van der Waals surface area contributed by atoms with Crippen molar-refractivity contribution in [3.63, 3.8) is 0 Å². The van der Waals surface area contributed by atoms with Crippen molar-refractivity contribution in [3.05, 3.63) is 34.9 Å². The van der Waals surface area contributed by atoms with E-state index in [0.717, 1.165) is 38.9 Å². The van der Waals surface area contributed by atoms with E-state index in [4.69, 9.17) is 0 Å². The van der Waals surface area contributed by atoms with Crippen LogP contribution in [0.1, 0.15) is 55.7 Å². The Balaban J connectivity index is 1.47. The Hall–Kier alpha value is -1.39. The summed E-state index contributed by atoms with van der Waals surface area (Å²) in [5, 5.41) is 12.6. The quantitative estimate of drug-likeness (QED) is 0.872. The van der Waals surface area contributed by atoms with Crippen molar-refractivity contribution in [2.45, 2.75) is 58.1 Å². The SMILES string of the molecule is CC(C)c1ccc2c(c1)CN(CCNC(=O)C1CCC(O)C1)CC2. The Morgan fingerprint density at radius 3 is 2.88 bits per heavy atom. The minimum absolute atomic E-state index is 0.00989. The van der Waals surface area contributed by atoms with E-state index in [9.17, 15) is 9.90 Å². The van der Waals surface area contributed by atoms with E-state index in [0.29, 0.717) is 18.9 Å². The zero-order valence-corrected chi connectivity index (χ0v) is 14.9. The number of fused-ring (bicyclic) bond motifs is 1. The van der Waals surface area contributed by atoms with Crippen LogP contribution in [0.5, 0.6) is 0 Å². The topological polar surface area (TPSA) is 52.6 Å². The van der Waals surface area contributed by atoms with Gasteiger partial charge in [0.05, 0.1) is 6.10 Å². The van der Waals surface area contributed by atoms with Crippen molar-refractivity contribution >= 4 is 5.91 Å². The normalized spacial score (nSPS) is 24.2. The van der Waals surface area contributed by atoms with Gasteiger partial charge in [0.2, 0.25) is 5.91 Å². The number of rotatable bonds is 5. The van der Waals surface area contributed by atoms with Gasteiger partial charge in [0, 0.05) is 32.1 Å². The molecule has 1 amide bonds. The summed E-state index contributed by atoms with van der Waals surface area (Å²) >= 11 is 0. The third-order valence-electron chi connectivity index (χ3n) is 5.49. The lowest BCUT2D eigenvalue weighted by Gasteiger charge is -2.29. The zero-order chi connectivity index (χ0) is 17.1. The lowest BCUT2D eigenvalue weighted by Crippen LogP contribution is -2.39. The fourth-order valence-corrected chi connectivity index (χ4v) is 3.86. The first-order valence-electron chi connectivity index (χ1n) is 9.32. The molecule has 1 aliphatic carbocycles. The molecule has 3 rings (SSSR count). The highest BCUT2D eigenvalue weighted by molar-refractivity contribution is 5.78. The molecule has 1 aromatic carbocycles. The van der Waals surface area contributed by atoms with Crippen molar-refractivity contribution in [1.82, 2.24) is 10.2 Å². The average Bonchev–Trinajstić information content (AvgIpc) is 3.00. The Labute approximate surface area is 145 Å². The van der Waals surface area contributed by atoms with Gasteiger partial charge >= 0.3 is 0 Å². The fourth-order valence-electron chi connectivity index (χ4n) is 3.86. The second kappa shape index (κ2) is 7.66. The van der Waals surface area contributed by atoms with Gasteiger partial charge in [0.25, 0.3) is 0 Å². The summed E-state index contributed by atoms with van der Waals surface area (Å²) in [5.41, 5.74) is 4.32. The lowest BCUT2D eigenvalue weighted by atomic mass is 9.93. The Bertz CT molecular complexity index is 585. The number of nitrogens with one attached hydrogen (secondary N) is 1. The second-order valence-electron chi connectivity index (χ2n) is 7.66. The molecule has 0 radical (unpaired) electrons. The van der Waals surface area contributed by atoms with Gasteiger partial charge in [-0.05, 0) is 48.3 Å². The molecule has 0 bridgehead atoms. The predicted octanol–water partition coefficient (Wildman–Crippen LogP) is 2.45. The largest absolute Gasteiger partial charge is 0.393 e. The first kappa shape index (κ1) is 17.4. The summed E-state index contributed by atoms with van der Waals surface area (Å²) in [6, 6.07) is 6.90. The van der Waals surface area contributed by atoms with Gasteiger partial charge in [0.1, 0.15) is 0 Å². The molecule has 1 heterocycles. The minimum Gasteiger partial charge on any atom is -0.393 e. The van der Waals surface area contributed by atoms with Crippen LogP contribution in [0.2, 0.25) is 0 Å². The fraction of sp³-hybridized carbons (Fsp3) is 0.650. The van der Waals surface area contributed by atoms with Crippen molar-refractivity contribution in [2.75, 3.05) is 19.6 Å². The van der Waals surface area contributed by atoms with Gasteiger partial charge in [-0.3, -0.25) is 9.69 Å². The third-order valence-corrected chi connectivity index (χ3v) is 5.49. The first-order chi connectivity index (χ1) is 11.5. The van der Waals surface area contributed by atoms with Crippen molar-refractivity contribution < 1.29 is 9.90 Å². The lowest BCUT2D eigenvalue weighted by molar-refractivity contribution is -0.125. The highest BCUT2D eigenvalue weighted by atomic mass is 16.3. The van der Waals surface area contributed by atoms with E-state index in [-0.39, 0.29) is 17.9 Å². The van der Waals surface area contributed by atoms with Gasteiger partial charge < -0.3 is 10.4 Å². The Morgan fingerprint density at radius 2 is 2.17 bits per heavy atom. The summed E-state index contributed by atoms with van der Waals surface area (Å²) in [7, 11) is 0. The molecule has 2 atom stereocenters. The van der Waals surface area contributed by atoms with E-state index >= 15 is 0 Å². The van der Waals surface area contributed by atoms with Crippen LogP contribution in [0.25, 0.3) is 0 Å². The summed E-state index contributed by atoms with van der Waals surface area (Å²) in [4.78, 5) is 14.5. The Morgan fingerprint density at radius 1 is 1.33 bits per heavy atom. The van der Waals surface area contributed by atoms with Gasteiger partial charge in [0.15, 0.2) is 0 Å². The molecule has 0 aromatic heterocycles. The molecule has 2 aliphatic rings. The van der Waals surface area contributed by atoms with Gasteiger partial charge in [-0.1, -0.05) is 32.0 Å².